The number of nitrogens with one attached hydrogen (secondary N) is 1. The van der Waals surface area contributed by atoms with Gasteiger partial charge < -0.3 is 9.73 Å². The smallest absolute Gasteiger partial charge is 0.134 e. The zero-order chi connectivity index (χ0) is 13.9. The summed E-state index contributed by atoms with van der Waals surface area (Å²) in [5.41, 5.74) is 1.71. The van der Waals surface area contributed by atoms with E-state index in [1.807, 2.05) is 29.6 Å². The van der Waals surface area contributed by atoms with Crippen LogP contribution in [0.4, 0.5) is 0 Å². The Balaban J connectivity index is 1.99. The highest BCUT2D eigenvalue weighted by molar-refractivity contribution is 7.03. The number of hydrogen-bond donors (Lipinski definition) is 1. The third-order valence-electron chi connectivity index (χ3n) is 3.05. The van der Waals surface area contributed by atoms with Crippen LogP contribution in [0.15, 0.2) is 34.1 Å². The fraction of sp³-hybridized carbons (Fsp3) is 0.286. The van der Waals surface area contributed by atoms with Crippen molar-refractivity contribution in [1.82, 2.24) is 14.9 Å². The van der Waals surface area contributed by atoms with Crippen molar-refractivity contribution in [3.8, 4) is 0 Å². The molecule has 0 aliphatic rings. The Morgan fingerprint density at radius 3 is 3.05 bits per heavy atom. The molecule has 0 bridgehead atoms. The zero-order valence-electron chi connectivity index (χ0n) is 11.0. The zero-order valence-corrected chi connectivity index (χ0v) is 12.5. The molecule has 1 aromatic carbocycles. The summed E-state index contributed by atoms with van der Waals surface area (Å²) in [7, 11) is 0. The monoisotopic (exact) mass is 307 g/mol. The largest absolute Gasteiger partial charge is 0.459 e. The van der Waals surface area contributed by atoms with Gasteiger partial charge in [0.2, 0.25) is 0 Å². The molecule has 2 aromatic heterocycles. The van der Waals surface area contributed by atoms with E-state index in [9.17, 15) is 0 Å². The van der Waals surface area contributed by atoms with Crippen LogP contribution in [0, 0.1) is 0 Å². The van der Waals surface area contributed by atoms with Gasteiger partial charge in [-0.1, -0.05) is 23.0 Å². The maximum Gasteiger partial charge on any atom is 0.134 e. The van der Waals surface area contributed by atoms with Crippen molar-refractivity contribution in [2.24, 2.45) is 0 Å². The number of benzene rings is 1. The minimum atomic E-state index is -0.0696. The van der Waals surface area contributed by atoms with Gasteiger partial charge in [-0.2, -0.15) is 0 Å². The van der Waals surface area contributed by atoms with E-state index >= 15 is 0 Å². The number of furan rings is 1. The lowest BCUT2D eigenvalue weighted by atomic mass is 10.1. The standard InChI is InChI=1S/C14H14ClN3OS/c1-2-5-16-14(11-8-20-18-17-11)13-7-9-6-10(15)3-4-12(9)19-13/h3-4,6-8,14,16H,2,5H2,1H3. The van der Waals surface area contributed by atoms with Crippen LogP contribution in [-0.4, -0.2) is 16.1 Å². The van der Waals surface area contributed by atoms with Crippen molar-refractivity contribution in [3.05, 3.63) is 46.1 Å². The highest BCUT2D eigenvalue weighted by Crippen LogP contribution is 2.29. The molecule has 6 heteroatoms. The Hall–Kier alpha value is -1.43. The molecule has 1 atom stereocenters. The van der Waals surface area contributed by atoms with E-state index in [4.69, 9.17) is 16.0 Å². The average Bonchev–Trinajstić information content (AvgIpc) is 3.08. The van der Waals surface area contributed by atoms with Crippen molar-refractivity contribution in [1.29, 1.82) is 0 Å². The van der Waals surface area contributed by atoms with Gasteiger partial charge in [0.15, 0.2) is 0 Å². The lowest BCUT2D eigenvalue weighted by Crippen LogP contribution is -2.23. The fourth-order valence-electron chi connectivity index (χ4n) is 2.11. The molecule has 0 fully saturated rings. The van der Waals surface area contributed by atoms with Crippen LogP contribution in [0.3, 0.4) is 0 Å². The summed E-state index contributed by atoms with van der Waals surface area (Å²) >= 11 is 7.35. The van der Waals surface area contributed by atoms with E-state index in [2.05, 4.69) is 21.8 Å². The summed E-state index contributed by atoms with van der Waals surface area (Å²) in [6.45, 7) is 3.02. The molecule has 2 heterocycles. The molecular formula is C14H14ClN3OS. The number of hydrogen-bond acceptors (Lipinski definition) is 5. The lowest BCUT2D eigenvalue weighted by Gasteiger charge is -2.12. The Labute approximate surface area is 125 Å². The number of halogens is 1. The van der Waals surface area contributed by atoms with E-state index in [0.717, 1.165) is 35.4 Å². The molecule has 0 saturated carbocycles. The van der Waals surface area contributed by atoms with E-state index in [0.29, 0.717) is 5.02 Å². The Morgan fingerprint density at radius 1 is 1.40 bits per heavy atom. The molecule has 0 aliphatic carbocycles. The second-order valence-corrected chi connectivity index (χ2v) is 5.59. The summed E-state index contributed by atoms with van der Waals surface area (Å²) in [6, 6.07) is 7.56. The van der Waals surface area contributed by atoms with E-state index < -0.39 is 0 Å². The predicted molar refractivity (Wildman–Crippen MR) is 81.3 cm³/mol. The van der Waals surface area contributed by atoms with Gasteiger partial charge in [0, 0.05) is 15.8 Å². The average molecular weight is 308 g/mol. The third-order valence-corrected chi connectivity index (χ3v) is 3.81. The quantitative estimate of drug-likeness (QED) is 0.773. The first-order chi connectivity index (χ1) is 9.78. The van der Waals surface area contributed by atoms with Gasteiger partial charge in [0.1, 0.15) is 23.1 Å². The van der Waals surface area contributed by atoms with Crippen LogP contribution >= 0.6 is 23.1 Å². The Morgan fingerprint density at radius 2 is 2.30 bits per heavy atom. The SMILES string of the molecule is CCCNC(c1csnn1)c1cc2cc(Cl)ccc2o1. The second kappa shape index (κ2) is 5.91. The van der Waals surface area contributed by atoms with Crippen LogP contribution in [0.25, 0.3) is 11.0 Å². The molecule has 0 amide bonds. The lowest BCUT2D eigenvalue weighted by molar-refractivity contribution is 0.463. The molecule has 1 N–H and O–H groups in total. The highest BCUT2D eigenvalue weighted by atomic mass is 35.5. The maximum absolute atomic E-state index is 6.01. The van der Waals surface area contributed by atoms with Crippen LogP contribution in [-0.2, 0) is 0 Å². The summed E-state index contributed by atoms with van der Waals surface area (Å²) in [4.78, 5) is 0. The number of nitrogens with zero attached hydrogens (tertiary/aromatic N) is 2. The molecule has 1 unspecified atom stereocenters. The number of fused-ring (bicyclic) bond motifs is 1. The van der Waals surface area contributed by atoms with Gasteiger partial charge in [-0.3, -0.25) is 0 Å². The van der Waals surface area contributed by atoms with Crippen LogP contribution in [0.5, 0.6) is 0 Å². The fourth-order valence-corrected chi connectivity index (χ4v) is 2.77. The first-order valence-corrected chi connectivity index (χ1v) is 7.68. The van der Waals surface area contributed by atoms with Crippen LogP contribution in [0.2, 0.25) is 5.02 Å². The molecule has 0 radical (unpaired) electrons. The molecule has 20 heavy (non-hydrogen) atoms. The summed E-state index contributed by atoms with van der Waals surface area (Å²) < 4.78 is 9.86. The Kier molecular flexibility index (Phi) is 4.00. The molecule has 0 saturated heterocycles. The van der Waals surface area contributed by atoms with Crippen molar-refractivity contribution >= 4 is 34.1 Å². The molecule has 4 nitrogen and oxygen atoms in total. The van der Waals surface area contributed by atoms with Gasteiger partial charge in [0.25, 0.3) is 0 Å². The molecule has 0 spiro atoms. The van der Waals surface area contributed by atoms with Crippen molar-refractivity contribution in [3.63, 3.8) is 0 Å². The molecule has 3 rings (SSSR count). The minimum Gasteiger partial charge on any atom is -0.459 e. The summed E-state index contributed by atoms with van der Waals surface area (Å²) in [5, 5.41) is 11.2. The van der Waals surface area contributed by atoms with Gasteiger partial charge >= 0.3 is 0 Å². The summed E-state index contributed by atoms with van der Waals surface area (Å²) in [5.74, 6) is 0.836. The van der Waals surface area contributed by atoms with E-state index in [1.54, 1.807) is 0 Å². The second-order valence-electron chi connectivity index (χ2n) is 4.55. The van der Waals surface area contributed by atoms with Gasteiger partial charge in [-0.25, -0.2) is 0 Å². The normalized spacial score (nSPS) is 12.9. The summed E-state index contributed by atoms with van der Waals surface area (Å²) in [6.07, 6.45) is 1.04. The van der Waals surface area contributed by atoms with Crippen LogP contribution in [0.1, 0.15) is 30.8 Å². The Bertz CT molecular complexity index is 696. The molecule has 0 aliphatic heterocycles. The molecule has 3 aromatic rings. The van der Waals surface area contributed by atoms with Crippen molar-refractivity contribution in [2.75, 3.05) is 6.54 Å². The first kappa shape index (κ1) is 13.5. The number of aromatic nitrogens is 2. The van der Waals surface area contributed by atoms with E-state index in [-0.39, 0.29) is 6.04 Å². The molecule has 104 valence electrons. The predicted octanol–water partition coefficient (Wildman–Crippen LogP) is 4.03. The first-order valence-electron chi connectivity index (χ1n) is 6.47. The van der Waals surface area contributed by atoms with Gasteiger partial charge in [-0.05, 0) is 48.8 Å². The molecular weight excluding hydrogens is 294 g/mol. The van der Waals surface area contributed by atoms with Crippen LogP contribution < -0.4 is 5.32 Å². The maximum atomic E-state index is 6.01. The third kappa shape index (κ3) is 2.70. The van der Waals surface area contributed by atoms with Gasteiger partial charge in [-0.15, -0.1) is 5.10 Å². The van der Waals surface area contributed by atoms with Crippen molar-refractivity contribution < 1.29 is 4.42 Å². The van der Waals surface area contributed by atoms with E-state index in [1.165, 1.54) is 11.5 Å². The van der Waals surface area contributed by atoms with Gasteiger partial charge in [0.05, 0.1) is 0 Å². The number of rotatable bonds is 5. The highest BCUT2D eigenvalue weighted by Gasteiger charge is 2.20. The topological polar surface area (TPSA) is 51.0 Å². The minimum absolute atomic E-state index is 0.0696. The van der Waals surface area contributed by atoms with Crippen molar-refractivity contribution in [2.45, 2.75) is 19.4 Å².